The number of likely N-dealkylation sites (tertiary alicyclic amines) is 1. The lowest BCUT2D eigenvalue weighted by Crippen LogP contribution is -2.47. The number of nitrogens with zero attached hydrogens (tertiary/aromatic N) is 2. The van der Waals surface area contributed by atoms with Crippen molar-refractivity contribution in [3.05, 3.63) is 29.3 Å². The average Bonchev–Trinajstić information content (AvgIpc) is 2.95. The lowest BCUT2D eigenvalue weighted by molar-refractivity contribution is -0.140. The molecule has 0 bridgehead atoms. The highest BCUT2D eigenvalue weighted by Crippen LogP contribution is 2.28. The van der Waals surface area contributed by atoms with E-state index in [9.17, 15) is 9.59 Å². The number of aryl methyl sites for hydroxylation is 2. The Morgan fingerprint density at radius 1 is 1.04 bits per heavy atom. The average molecular weight is 366 g/mol. The van der Waals surface area contributed by atoms with Crippen LogP contribution < -0.4 is 10.2 Å². The van der Waals surface area contributed by atoms with Crippen molar-refractivity contribution in [1.29, 1.82) is 0 Å². The predicted octanol–water partition coefficient (Wildman–Crippen LogP) is 2.29. The Kier molecular flexibility index (Phi) is 6.47. The summed E-state index contributed by atoms with van der Waals surface area (Å²) < 4.78 is 0. The number of halogens is 1. The summed E-state index contributed by atoms with van der Waals surface area (Å²) in [4.78, 5) is 29.2. The summed E-state index contributed by atoms with van der Waals surface area (Å²) in [7, 11) is 1.96. The molecule has 2 saturated heterocycles. The quantitative estimate of drug-likeness (QED) is 0.836. The number of carbonyl (C=O) groups is 2. The maximum atomic E-state index is 12.8. The first-order chi connectivity index (χ1) is 11.5. The van der Waals surface area contributed by atoms with Gasteiger partial charge in [0, 0.05) is 31.4 Å². The van der Waals surface area contributed by atoms with Crippen LogP contribution in [0.2, 0.25) is 0 Å². The van der Waals surface area contributed by atoms with Gasteiger partial charge in [-0.1, -0.05) is 6.07 Å². The second-order valence-corrected chi connectivity index (χ2v) is 7.07. The van der Waals surface area contributed by atoms with Crippen molar-refractivity contribution in [2.75, 3.05) is 31.6 Å². The third-order valence-electron chi connectivity index (χ3n) is 5.24. The minimum atomic E-state index is -0.503. The Bertz CT molecular complexity index is 621. The van der Waals surface area contributed by atoms with Gasteiger partial charge in [0.2, 0.25) is 11.8 Å². The maximum Gasteiger partial charge on any atom is 0.239 e. The van der Waals surface area contributed by atoms with Crippen molar-refractivity contribution < 1.29 is 9.59 Å². The highest BCUT2D eigenvalue weighted by atomic mass is 35.5. The second-order valence-electron chi connectivity index (χ2n) is 7.07. The van der Waals surface area contributed by atoms with Gasteiger partial charge in [-0.15, -0.1) is 12.4 Å². The van der Waals surface area contributed by atoms with E-state index in [0.717, 1.165) is 42.7 Å². The Balaban J connectivity index is 0.00000225. The van der Waals surface area contributed by atoms with E-state index in [4.69, 9.17) is 0 Å². The number of nitrogens with one attached hydrogen (secondary N) is 1. The van der Waals surface area contributed by atoms with Crippen LogP contribution in [0.1, 0.15) is 30.4 Å². The van der Waals surface area contributed by atoms with Gasteiger partial charge in [-0.25, -0.2) is 0 Å². The van der Waals surface area contributed by atoms with Crippen molar-refractivity contribution in [1.82, 2.24) is 10.2 Å². The smallest absolute Gasteiger partial charge is 0.239 e. The molecule has 25 heavy (non-hydrogen) atoms. The van der Waals surface area contributed by atoms with Gasteiger partial charge in [0.15, 0.2) is 0 Å². The summed E-state index contributed by atoms with van der Waals surface area (Å²) in [6.45, 7) is 6.19. The van der Waals surface area contributed by atoms with Gasteiger partial charge in [0.05, 0.1) is 0 Å². The first-order valence-corrected chi connectivity index (χ1v) is 8.85. The van der Waals surface area contributed by atoms with Gasteiger partial charge >= 0.3 is 0 Å². The van der Waals surface area contributed by atoms with E-state index in [-0.39, 0.29) is 24.2 Å². The SMILES string of the molecule is CNC1CCN(C(=O)C2CCN(c3cc(C)cc(C)c3)C2=O)CC1.Cl. The summed E-state index contributed by atoms with van der Waals surface area (Å²) in [5, 5.41) is 3.27. The first kappa shape index (κ1) is 19.7. The number of amides is 2. The highest BCUT2D eigenvalue weighted by Gasteiger charge is 2.40. The third kappa shape index (κ3) is 4.15. The van der Waals surface area contributed by atoms with Crippen LogP contribution in [-0.2, 0) is 9.59 Å². The predicted molar refractivity (Wildman–Crippen MR) is 102 cm³/mol. The fourth-order valence-electron chi connectivity index (χ4n) is 3.88. The van der Waals surface area contributed by atoms with Crippen LogP contribution in [0.4, 0.5) is 5.69 Å². The van der Waals surface area contributed by atoms with E-state index in [1.54, 1.807) is 4.90 Å². The topological polar surface area (TPSA) is 52.7 Å². The van der Waals surface area contributed by atoms with E-state index in [2.05, 4.69) is 11.4 Å². The molecule has 6 heteroatoms. The van der Waals surface area contributed by atoms with Crippen molar-refractivity contribution in [2.45, 2.75) is 39.2 Å². The van der Waals surface area contributed by atoms with Crippen molar-refractivity contribution in [2.24, 2.45) is 5.92 Å². The van der Waals surface area contributed by atoms with Crippen LogP contribution in [0.25, 0.3) is 0 Å². The summed E-state index contributed by atoms with van der Waals surface area (Å²) >= 11 is 0. The molecule has 1 aromatic rings. The monoisotopic (exact) mass is 365 g/mol. The minimum Gasteiger partial charge on any atom is -0.342 e. The number of hydrogen-bond acceptors (Lipinski definition) is 3. The van der Waals surface area contributed by atoms with Gasteiger partial charge in [-0.2, -0.15) is 0 Å². The molecule has 0 aliphatic carbocycles. The Labute approximate surface area is 156 Å². The van der Waals surface area contributed by atoms with Crippen LogP contribution in [0.5, 0.6) is 0 Å². The number of anilines is 1. The van der Waals surface area contributed by atoms with Crippen LogP contribution >= 0.6 is 12.4 Å². The van der Waals surface area contributed by atoms with Crippen LogP contribution in [0, 0.1) is 19.8 Å². The fourth-order valence-corrected chi connectivity index (χ4v) is 3.88. The van der Waals surface area contributed by atoms with Gasteiger partial charge < -0.3 is 15.1 Å². The molecule has 5 nitrogen and oxygen atoms in total. The molecule has 1 N–H and O–H groups in total. The summed E-state index contributed by atoms with van der Waals surface area (Å²) in [5.74, 6) is -0.529. The lowest BCUT2D eigenvalue weighted by atomic mass is 10.0. The van der Waals surface area contributed by atoms with Gasteiger partial charge in [0.25, 0.3) is 0 Å². The molecular weight excluding hydrogens is 338 g/mol. The van der Waals surface area contributed by atoms with Gasteiger partial charge in [-0.05, 0) is 63.4 Å². The van der Waals surface area contributed by atoms with E-state index in [1.807, 2.05) is 37.9 Å². The molecule has 1 unspecified atom stereocenters. The minimum absolute atomic E-state index is 0. The molecule has 0 radical (unpaired) electrons. The standard InChI is InChI=1S/C19H27N3O2.ClH/c1-13-10-14(2)12-16(11-13)22-9-6-17(19(22)24)18(23)21-7-4-15(20-3)5-8-21;/h10-12,15,17,20H,4-9H2,1-3H3;1H. The summed E-state index contributed by atoms with van der Waals surface area (Å²) in [5.41, 5.74) is 3.20. The molecule has 138 valence electrons. The third-order valence-corrected chi connectivity index (χ3v) is 5.24. The zero-order chi connectivity index (χ0) is 17.3. The van der Waals surface area contributed by atoms with E-state index in [0.29, 0.717) is 19.0 Å². The number of carbonyl (C=O) groups excluding carboxylic acids is 2. The normalized spacial score (nSPS) is 21.4. The molecular formula is C19H28ClN3O2. The zero-order valence-electron chi connectivity index (χ0n) is 15.2. The molecule has 1 atom stereocenters. The molecule has 2 heterocycles. The number of benzene rings is 1. The van der Waals surface area contributed by atoms with Gasteiger partial charge in [-0.3, -0.25) is 9.59 Å². The van der Waals surface area contributed by atoms with E-state index < -0.39 is 5.92 Å². The first-order valence-electron chi connectivity index (χ1n) is 8.85. The number of piperidine rings is 1. The van der Waals surface area contributed by atoms with Crippen molar-refractivity contribution in [3.63, 3.8) is 0 Å². The lowest BCUT2D eigenvalue weighted by Gasteiger charge is -2.33. The second kappa shape index (κ2) is 8.19. The van der Waals surface area contributed by atoms with E-state index >= 15 is 0 Å². The van der Waals surface area contributed by atoms with Crippen LogP contribution in [0.15, 0.2) is 18.2 Å². The highest BCUT2D eigenvalue weighted by molar-refractivity contribution is 6.09. The zero-order valence-corrected chi connectivity index (χ0v) is 16.1. The van der Waals surface area contributed by atoms with Crippen LogP contribution in [0.3, 0.4) is 0 Å². The van der Waals surface area contributed by atoms with Gasteiger partial charge in [0.1, 0.15) is 5.92 Å². The molecule has 2 aliphatic heterocycles. The molecule has 2 amide bonds. The molecule has 0 saturated carbocycles. The Morgan fingerprint density at radius 2 is 1.64 bits per heavy atom. The number of hydrogen-bond donors (Lipinski definition) is 1. The Hall–Kier alpha value is -1.59. The van der Waals surface area contributed by atoms with Crippen molar-refractivity contribution >= 4 is 29.9 Å². The maximum absolute atomic E-state index is 12.8. The molecule has 0 spiro atoms. The van der Waals surface area contributed by atoms with Crippen molar-refractivity contribution in [3.8, 4) is 0 Å². The molecule has 2 fully saturated rings. The summed E-state index contributed by atoms with van der Waals surface area (Å²) in [6, 6.07) is 6.63. The number of rotatable bonds is 3. The Morgan fingerprint density at radius 3 is 2.20 bits per heavy atom. The van der Waals surface area contributed by atoms with Crippen LogP contribution in [-0.4, -0.2) is 49.4 Å². The molecule has 0 aromatic heterocycles. The van der Waals surface area contributed by atoms with E-state index in [1.165, 1.54) is 0 Å². The fraction of sp³-hybridized carbons (Fsp3) is 0.579. The summed E-state index contributed by atoms with van der Waals surface area (Å²) in [6.07, 6.45) is 2.55. The molecule has 2 aliphatic rings. The largest absolute Gasteiger partial charge is 0.342 e. The molecule has 1 aromatic carbocycles. The molecule has 3 rings (SSSR count).